The molecule has 0 aliphatic carbocycles. The Morgan fingerprint density at radius 1 is 0.500 bits per heavy atom. The monoisotopic (exact) mass is 214 g/mol. The first-order valence-corrected chi connectivity index (χ1v) is 4.55. The molecule has 0 aliphatic rings. The summed E-state index contributed by atoms with van der Waals surface area (Å²) >= 11 is 0. The molecule has 6 N–H and O–H groups in total. The van der Waals surface area contributed by atoms with Crippen molar-refractivity contribution >= 4 is 22.1 Å². The number of benzene rings is 2. The highest BCUT2D eigenvalue weighted by Gasteiger charge is 1.98. The number of rotatable bonds is 0. The molecule has 0 saturated carbocycles. The van der Waals surface area contributed by atoms with Crippen molar-refractivity contribution in [2.45, 2.75) is 0 Å². The summed E-state index contributed by atoms with van der Waals surface area (Å²) in [5, 5.41) is 0. The highest BCUT2D eigenvalue weighted by atomic mass is 14.8. The fourth-order valence-electron chi connectivity index (χ4n) is 1.57. The van der Waals surface area contributed by atoms with Gasteiger partial charge in [-0.15, -0.1) is 0 Å². The molecular formula is C12H14N4. The second-order valence-corrected chi connectivity index (χ2v) is 3.20. The maximum atomic E-state index is 4.52. The summed E-state index contributed by atoms with van der Waals surface area (Å²) < 4.78 is 0. The fourth-order valence-corrected chi connectivity index (χ4v) is 1.57. The molecule has 0 fully saturated rings. The number of hydrogen-bond acceptors (Lipinski definition) is 4. The van der Waals surface area contributed by atoms with E-state index in [1.807, 2.05) is 48.5 Å². The number of nitrogens with zero attached hydrogens (tertiary/aromatic N) is 2. The molecule has 3 aromatic rings. The molecule has 4 heteroatoms. The van der Waals surface area contributed by atoms with Crippen LogP contribution in [0.4, 0.5) is 0 Å². The molecule has 82 valence electrons. The van der Waals surface area contributed by atoms with Crippen LogP contribution in [-0.2, 0) is 0 Å². The van der Waals surface area contributed by atoms with Crippen molar-refractivity contribution in [1.29, 1.82) is 0 Å². The molecular weight excluding hydrogens is 200 g/mol. The van der Waals surface area contributed by atoms with Crippen molar-refractivity contribution in [3.63, 3.8) is 0 Å². The van der Waals surface area contributed by atoms with E-state index in [1.54, 1.807) is 0 Å². The van der Waals surface area contributed by atoms with Crippen LogP contribution in [-0.4, -0.2) is 9.97 Å². The van der Waals surface area contributed by atoms with Gasteiger partial charge in [-0.05, 0) is 24.3 Å². The Hall–Kier alpha value is -2.04. The van der Waals surface area contributed by atoms with Gasteiger partial charge in [-0.3, -0.25) is 0 Å². The first kappa shape index (κ1) is 12.0. The highest BCUT2D eigenvalue weighted by molar-refractivity contribution is 5.85. The van der Waals surface area contributed by atoms with Crippen molar-refractivity contribution in [1.82, 2.24) is 22.3 Å². The van der Waals surface area contributed by atoms with Gasteiger partial charge < -0.3 is 12.3 Å². The molecule has 0 aliphatic heterocycles. The van der Waals surface area contributed by atoms with E-state index in [0.717, 1.165) is 22.1 Å². The Labute approximate surface area is 93.5 Å². The van der Waals surface area contributed by atoms with Gasteiger partial charge in [0, 0.05) is 0 Å². The van der Waals surface area contributed by atoms with Gasteiger partial charge >= 0.3 is 0 Å². The lowest BCUT2D eigenvalue weighted by Crippen LogP contribution is -1.85. The maximum Gasteiger partial charge on any atom is 0.0894 e. The Morgan fingerprint density at radius 3 is 1.00 bits per heavy atom. The molecule has 1 heterocycles. The van der Waals surface area contributed by atoms with E-state index in [9.17, 15) is 0 Å². The quantitative estimate of drug-likeness (QED) is 0.562. The van der Waals surface area contributed by atoms with Crippen LogP contribution >= 0.6 is 0 Å². The minimum absolute atomic E-state index is 0. The van der Waals surface area contributed by atoms with Crippen LogP contribution in [0.2, 0.25) is 0 Å². The first-order valence-electron chi connectivity index (χ1n) is 4.55. The van der Waals surface area contributed by atoms with E-state index in [-0.39, 0.29) is 12.3 Å². The normalized spacial score (nSPS) is 9.50. The molecule has 0 bridgehead atoms. The van der Waals surface area contributed by atoms with E-state index < -0.39 is 0 Å². The Kier molecular flexibility index (Phi) is 3.50. The number of para-hydroxylation sites is 4. The number of aromatic nitrogens is 2. The van der Waals surface area contributed by atoms with Crippen LogP contribution in [0.15, 0.2) is 48.5 Å². The summed E-state index contributed by atoms with van der Waals surface area (Å²) in [6.07, 6.45) is 0. The van der Waals surface area contributed by atoms with Gasteiger partial charge in [0.25, 0.3) is 0 Å². The first-order chi connectivity index (χ1) is 6.93. The summed E-state index contributed by atoms with van der Waals surface area (Å²) in [5.41, 5.74) is 3.80. The molecule has 0 radical (unpaired) electrons. The third-order valence-corrected chi connectivity index (χ3v) is 2.25. The number of hydrogen-bond donors (Lipinski definition) is 2. The van der Waals surface area contributed by atoms with Gasteiger partial charge in [0.15, 0.2) is 0 Å². The van der Waals surface area contributed by atoms with Crippen LogP contribution < -0.4 is 12.3 Å². The summed E-state index contributed by atoms with van der Waals surface area (Å²) in [7, 11) is 0. The Balaban J connectivity index is 0.000000640. The lowest BCUT2D eigenvalue weighted by atomic mass is 10.2. The molecule has 0 unspecified atom stereocenters. The van der Waals surface area contributed by atoms with Gasteiger partial charge in [0.1, 0.15) is 0 Å². The van der Waals surface area contributed by atoms with Gasteiger partial charge in [0.2, 0.25) is 0 Å². The summed E-state index contributed by atoms with van der Waals surface area (Å²) in [5.74, 6) is 0. The molecule has 16 heavy (non-hydrogen) atoms. The predicted molar refractivity (Wildman–Crippen MR) is 67.1 cm³/mol. The third-order valence-electron chi connectivity index (χ3n) is 2.25. The smallest absolute Gasteiger partial charge is 0.0894 e. The minimum Gasteiger partial charge on any atom is -0.344 e. The molecule has 0 atom stereocenters. The Morgan fingerprint density at radius 2 is 0.750 bits per heavy atom. The summed E-state index contributed by atoms with van der Waals surface area (Å²) in [6, 6.07) is 15.8. The van der Waals surface area contributed by atoms with Gasteiger partial charge in [-0.25, -0.2) is 9.97 Å². The van der Waals surface area contributed by atoms with E-state index >= 15 is 0 Å². The van der Waals surface area contributed by atoms with Crippen LogP contribution in [0.1, 0.15) is 0 Å². The van der Waals surface area contributed by atoms with Crippen molar-refractivity contribution in [3.8, 4) is 0 Å². The third kappa shape index (κ3) is 1.84. The lowest BCUT2D eigenvalue weighted by molar-refractivity contribution is 1.39. The summed E-state index contributed by atoms with van der Waals surface area (Å²) in [4.78, 5) is 9.03. The van der Waals surface area contributed by atoms with E-state index in [2.05, 4.69) is 9.97 Å². The van der Waals surface area contributed by atoms with Crippen LogP contribution in [0, 0.1) is 0 Å². The lowest BCUT2D eigenvalue weighted by Gasteiger charge is -1.98. The zero-order chi connectivity index (χ0) is 9.38. The largest absolute Gasteiger partial charge is 0.344 e. The van der Waals surface area contributed by atoms with Crippen molar-refractivity contribution in [2.75, 3.05) is 0 Å². The Bertz CT molecular complexity index is 502. The van der Waals surface area contributed by atoms with Crippen LogP contribution in [0.5, 0.6) is 0 Å². The standard InChI is InChI=1S/C12H8N2.2H3N/c1-2-6-10-9(5-1)13-11-7-3-4-8-12(11)14-10;;/h1-8H;2*1H3. The van der Waals surface area contributed by atoms with Gasteiger partial charge in [0.05, 0.1) is 22.1 Å². The topological polar surface area (TPSA) is 95.8 Å². The average Bonchev–Trinajstić information content (AvgIpc) is 2.26. The van der Waals surface area contributed by atoms with Crippen molar-refractivity contribution in [2.24, 2.45) is 0 Å². The molecule has 0 saturated heterocycles. The summed E-state index contributed by atoms with van der Waals surface area (Å²) in [6.45, 7) is 0. The van der Waals surface area contributed by atoms with Crippen LogP contribution in [0.25, 0.3) is 22.1 Å². The molecule has 0 amide bonds. The highest BCUT2D eigenvalue weighted by Crippen LogP contribution is 2.14. The molecule has 4 nitrogen and oxygen atoms in total. The zero-order valence-electron chi connectivity index (χ0n) is 8.93. The molecule has 0 spiro atoms. The SMILES string of the molecule is N.N.c1ccc2nc3ccccc3nc2c1. The molecule has 3 rings (SSSR count). The van der Waals surface area contributed by atoms with E-state index in [0.29, 0.717) is 0 Å². The van der Waals surface area contributed by atoms with Crippen molar-refractivity contribution < 1.29 is 0 Å². The van der Waals surface area contributed by atoms with Gasteiger partial charge in [-0.1, -0.05) is 24.3 Å². The maximum absolute atomic E-state index is 4.52. The van der Waals surface area contributed by atoms with Crippen molar-refractivity contribution in [3.05, 3.63) is 48.5 Å². The average molecular weight is 214 g/mol. The van der Waals surface area contributed by atoms with Gasteiger partial charge in [-0.2, -0.15) is 0 Å². The van der Waals surface area contributed by atoms with E-state index in [4.69, 9.17) is 0 Å². The predicted octanol–water partition coefficient (Wildman–Crippen LogP) is 3.11. The molecule has 1 aromatic heterocycles. The fraction of sp³-hybridized carbons (Fsp3) is 0. The second kappa shape index (κ2) is 4.65. The van der Waals surface area contributed by atoms with E-state index in [1.165, 1.54) is 0 Å². The second-order valence-electron chi connectivity index (χ2n) is 3.20. The van der Waals surface area contributed by atoms with Crippen LogP contribution in [0.3, 0.4) is 0 Å². The number of fused-ring (bicyclic) bond motifs is 2. The molecule has 2 aromatic carbocycles. The minimum atomic E-state index is 0. The zero-order valence-corrected chi connectivity index (χ0v) is 8.93.